The Morgan fingerprint density at radius 2 is 2.29 bits per heavy atom. The second-order valence-electron chi connectivity index (χ2n) is 3.85. The number of hydrogen-bond donors (Lipinski definition) is 1. The second-order valence-corrected chi connectivity index (χ2v) is 4.26. The zero-order valence-corrected chi connectivity index (χ0v) is 9.93. The third-order valence-electron chi connectivity index (χ3n) is 2.70. The second kappa shape index (κ2) is 5.35. The van der Waals surface area contributed by atoms with Crippen molar-refractivity contribution >= 4 is 11.6 Å². The third kappa shape index (κ3) is 2.51. The van der Waals surface area contributed by atoms with Gasteiger partial charge in [-0.3, -0.25) is 4.39 Å². The highest BCUT2D eigenvalue weighted by Crippen LogP contribution is 2.32. The summed E-state index contributed by atoms with van der Waals surface area (Å²) in [5, 5.41) is 12.5. The highest BCUT2D eigenvalue weighted by molar-refractivity contribution is 6.31. The number of rotatable bonds is 4. The van der Waals surface area contributed by atoms with Crippen LogP contribution in [-0.4, -0.2) is 25.9 Å². The van der Waals surface area contributed by atoms with Crippen molar-refractivity contribution in [2.24, 2.45) is 0 Å². The molecular formula is C12H12ClFN2O. The van der Waals surface area contributed by atoms with E-state index in [1.54, 1.807) is 12.1 Å². The molecule has 3 nitrogen and oxygen atoms in total. The minimum Gasteiger partial charge on any atom is -0.486 e. The molecule has 1 fully saturated rings. The number of benzene rings is 1. The van der Waals surface area contributed by atoms with E-state index in [0.29, 0.717) is 21.9 Å². The van der Waals surface area contributed by atoms with Crippen molar-refractivity contribution in [2.45, 2.75) is 12.5 Å². The van der Waals surface area contributed by atoms with E-state index in [9.17, 15) is 4.39 Å². The average molecular weight is 255 g/mol. The summed E-state index contributed by atoms with van der Waals surface area (Å²) in [5.74, 6) is 0.434. The fourth-order valence-electron chi connectivity index (χ4n) is 1.67. The van der Waals surface area contributed by atoms with E-state index in [1.165, 1.54) is 0 Å². The Morgan fingerprint density at radius 3 is 2.82 bits per heavy atom. The van der Waals surface area contributed by atoms with Crippen LogP contribution < -0.4 is 10.1 Å². The number of nitrogens with zero attached hydrogens (tertiary/aromatic N) is 1. The molecule has 1 aliphatic rings. The summed E-state index contributed by atoms with van der Waals surface area (Å²) in [6.45, 7) is 0.965. The van der Waals surface area contributed by atoms with E-state index in [1.807, 2.05) is 6.07 Å². The molecule has 0 radical (unpaired) electrons. The summed E-state index contributed by atoms with van der Waals surface area (Å²) in [7, 11) is 0. The molecule has 0 aliphatic carbocycles. The van der Waals surface area contributed by atoms with Gasteiger partial charge in [-0.25, -0.2) is 0 Å². The van der Waals surface area contributed by atoms with Crippen LogP contribution in [0.25, 0.3) is 0 Å². The van der Waals surface area contributed by atoms with Crippen LogP contribution in [0, 0.1) is 11.3 Å². The molecule has 1 aliphatic heterocycles. The zero-order chi connectivity index (χ0) is 12.3. The molecule has 0 bridgehead atoms. The minimum atomic E-state index is -0.520. The van der Waals surface area contributed by atoms with Crippen LogP contribution in [0.3, 0.4) is 0 Å². The normalized spacial score (nSPS) is 15.1. The van der Waals surface area contributed by atoms with Crippen molar-refractivity contribution < 1.29 is 9.13 Å². The molecule has 0 saturated carbocycles. The molecule has 1 heterocycles. The van der Waals surface area contributed by atoms with Gasteiger partial charge in [-0.15, -0.1) is 0 Å². The van der Waals surface area contributed by atoms with E-state index >= 15 is 0 Å². The fraction of sp³-hybridized carbons (Fsp3) is 0.417. The van der Waals surface area contributed by atoms with Crippen LogP contribution in [0.15, 0.2) is 12.1 Å². The third-order valence-corrected chi connectivity index (χ3v) is 3.05. The topological polar surface area (TPSA) is 45.0 Å². The van der Waals surface area contributed by atoms with Crippen LogP contribution in [0.4, 0.5) is 4.39 Å². The lowest BCUT2D eigenvalue weighted by atomic mass is 10.1. The Balaban J connectivity index is 2.35. The first-order valence-electron chi connectivity index (χ1n) is 5.41. The number of ether oxygens (including phenoxy) is 1. The van der Waals surface area contributed by atoms with Crippen molar-refractivity contribution in [3.05, 3.63) is 28.3 Å². The predicted octanol–water partition coefficient (Wildman–Crippen LogP) is 2.07. The van der Waals surface area contributed by atoms with Crippen molar-refractivity contribution in [3.63, 3.8) is 0 Å². The minimum absolute atomic E-state index is 0.0407. The smallest absolute Gasteiger partial charge is 0.142 e. The zero-order valence-electron chi connectivity index (χ0n) is 9.17. The first-order valence-corrected chi connectivity index (χ1v) is 5.79. The fourth-order valence-corrected chi connectivity index (χ4v) is 1.91. The Bertz CT molecular complexity index is 455. The Hall–Kier alpha value is -1.31. The molecule has 1 saturated heterocycles. The molecule has 0 atom stereocenters. The molecule has 0 spiro atoms. The quantitative estimate of drug-likeness (QED) is 0.895. The Morgan fingerprint density at radius 1 is 1.53 bits per heavy atom. The van der Waals surface area contributed by atoms with Gasteiger partial charge in [0.05, 0.1) is 12.2 Å². The van der Waals surface area contributed by atoms with Crippen LogP contribution in [0.5, 0.6) is 5.75 Å². The van der Waals surface area contributed by atoms with Crippen LogP contribution >= 0.6 is 11.6 Å². The lowest BCUT2D eigenvalue weighted by Crippen LogP contribution is -2.50. The molecule has 1 aromatic carbocycles. The molecule has 1 aromatic rings. The largest absolute Gasteiger partial charge is 0.486 e. The monoisotopic (exact) mass is 254 g/mol. The summed E-state index contributed by atoms with van der Waals surface area (Å²) in [5.41, 5.74) is 0.991. The molecule has 0 aromatic heterocycles. The number of halogens is 2. The molecular weight excluding hydrogens is 243 g/mol. The Kier molecular flexibility index (Phi) is 3.82. The number of nitriles is 1. The number of nitrogens with one attached hydrogen (secondary N) is 1. The summed E-state index contributed by atoms with van der Waals surface area (Å²) in [6, 6.07) is 5.26. The van der Waals surface area contributed by atoms with Gasteiger partial charge in [-0.1, -0.05) is 11.6 Å². The van der Waals surface area contributed by atoms with Crippen LogP contribution in [0.2, 0.25) is 5.02 Å². The van der Waals surface area contributed by atoms with E-state index < -0.39 is 6.67 Å². The standard InChI is InChI=1S/C12H12ClFN2O/c13-11-2-1-8(5-15)12(10(11)3-4-14)17-9-6-16-7-9/h1-2,9,16H,3-4,6-7H2. The molecule has 2 rings (SSSR count). The average Bonchev–Trinajstić information content (AvgIpc) is 2.27. The van der Waals surface area contributed by atoms with Crippen molar-refractivity contribution in [2.75, 3.05) is 19.8 Å². The maximum Gasteiger partial charge on any atom is 0.142 e. The molecule has 0 amide bonds. The van der Waals surface area contributed by atoms with Crippen LogP contribution in [-0.2, 0) is 6.42 Å². The van der Waals surface area contributed by atoms with E-state index in [2.05, 4.69) is 5.32 Å². The van der Waals surface area contributed by atoms with Gasteiger partial charge in [0.2, 0.25) is 0 Å². The molecule has 5 heteroatoms. The van der Waals surface area contributed by atoms with Crippen molar-refractivity contribution in [1.82, 2.24) is 5.32 Å². The van der Waals surface area contributed by atoms with E-state index in [0.717, 1.165) is 13.1 Å². The summed E-state index contributed by atoms with van der Waals surface area (Å²) in [6.07, 6.45) is 0.211. The molecule has 0 unspecified atom stereocenters. The number of hydrogen-bond acceptors (Lipinski definition) is 3. The van der Waals surface area contributed by atoms with Crippen molar-refractivity contribution in [3.8, 4) is 11.8 Å². The first-order chi connectivity index (χ1) is 8.26. The molecule has 1 N–H and O–H groups in total. The van der Waals surface area contributed by atoms with Gasteiger partial charge in [0.15, 0.2) is 0 Å². The van der Waals surface area contributed by atoms with Gasteiger partial charge in [0.1, 0.15) is 17.9 Å². The van der Waals surface area contributed by atoms with Gasteiger partial charge in [0.25, 0.3) is 0 Å². The maximum absolute atomic E-state index is 12.5. The highest BCUT2D eigenvalue weighted by Gasteiger charge is 2.22. The summed E-state index contributed by atoms with van der Waals surface area (Å²) in [4.78, 5) is 0. The highest BCUT2D eigenvalue weighted by atomic mass is 35.5. The SMILES string of the molecule is N#Cc1ccc(Cl)c(CCF)c1OC1CNC1. The predicted molar refractivity (Wildman–Crippen MR) is 63.1 cm³/mol. The van der Waals surface area contributed by atoms with Gasteiger partial charge in [-0.05, 0) is 12.1 Å². The first kappa shape index (κ1) is 12.2. The van der Waals surface area contributed by atoms with E-state index in [-0.39, 0.29) is 12.5 Å². The van der Waals surface area contributed by atoms with Gasteiger partial charge in [0, 0.05) is 30.1 Å². The van der Waals surface area contributed by atoms with Crippen LogP contribution in [0.1, 0.15) is 11.1 Å². The molecule has 90 valence electrons. The van der Waals surface area contributed by atoms with Crippen molar-refractivity contribution in [1.29, 1.82) is 5.26 Å². The molecule has 17 heavy (non-hydrogen) atoms. The summed E-state index contributed by atoms with van der Waals surface area (Å²) < 4.78 is 18.2. The Labute approximate surface area is 104 Å². The maximum atomic E-state index is 12.5. The van der Waals surface area contributed by atoms with Gasteiger partial charge in [-0.2, -0.15) is 5.26 Å². The lowest BCUT2D eigenvalue weighted by Gasteiger charge is -2.29. The van der Waals surface area contributed by atoms with E-state index in [4.69, 9.17) is 21.6 Å². The summed E-state index contributed by atoms with van der Waals surface area (Å²) >= 11 is 6.01. The van der Waals surface area contributed by atoms with Gasteiger partial charge < -0.3 is 10.1 Å². The van der Waals surface area contributed by atoms with Gasteiger partial charge >= 0.3 is 0 Å². The lowest BCUT2D eigenvalue weighted by molar-refractivity contribution is 0.140. The number of alkyl halides is 1.